The number of thiazole rings is 1. The molecule has 0 N–H and O–H groups in total. The Morgan fingerprint density at radius 1 is 1.36 bits per heavy atom. The summed E-state index contributed by atoms with van der Waals surface area (Å²) < 4.78 is 10.7. The fraction of sp³-hybridized carbons (Fsp3) is 0.375. The number of hydrogen-bond acceptors (Lipinski definition) is 5. The van der Waals surface area contributed by atoms with Crippen LogP contribution >= 0.6 is 11.3 Å². The average molecular weight is 318 g/mol. The molecule has 2 aromatic rings. The predicted molar refractivity (Wildman–Crippen MR) is 84.6 cm³/mol. The molecule has 3 rings (SSSR count). The zero-order valence-electron chi connectivity index (χ0n) is 12.4. The molecule has 0 saturated carbocycles. The van der Waals surface area contributed by atoms with Gasteiger partial charge in [-0.3, -0.25) is 4.79 Å². The van der Waals surface area contributed by atoms with E-state index in [2.05, 4.69) is 4.98 Å². The van der Waals surface area contributed by atoms with Gasteiger partial charge in [0.1, 0.15) is 5.01 Å². The Bertz CT molecular complexity index is 623. The lowest BCUT2D eigenvalue weighted by Gasteiger charge is -2.26. The molecule has 0 bridgehead atoms. The topological polar surface area (TPSA) is 51.7 Å². The molecule has 0 radical (unpaired) electrons. The number of ether oxygens (including phenoxy) is 2. The first-order valence-corrected chi connectivity index (χ1v) is 8.06. The van der Waals surface area contributed by atoms with E-state index in [0.29, 0.717) is 26.4 Å². The SMILES string of the molecule is CN(Cc1csc(-c2ccccc2)n1)C(=O)[C@H]1COCCO1. The number of amides is 1. The van der Waals surface area contributed by atoms with Crippen molar-refractivity contribution in [3.05, 3.63) is 41.4 Å². The molecule has 0 aliphatic carbocycles. The molecular formula is C16H18N2O3S. The van der Waals surface area contributed by atoms with Crippen LogP contribution in [-0.2, 0) is 20.8 Å². The van der Waals surface area contributed by atoms with Crippen LogP contribution in [0.5, 0.6) is 0 Å². The van der Waals surface area contributed by atoms with E-state index >= 15 is 0 Å². The lowest BCUT2D eigenvalue weighted by molar-refractivity contribution is -0.157. The van der Waals surface area contributed by atoms with E-state index in [1.807, 2.05) is 35.7 Å². The summed E-state index contributed by atoms with van der Waals surface area (Å²) in [6, 6.07) is 10.0. The normalized spacial score (nSPS) is 18.1. The van der Waals surface area contributed by atoms with Gasteiger partial charge in [0.15, 0.2) is 6.10 Å². The maximum atomic E-state index is 12.3. The summed E-state index contributed by atoms with van der Waals surface area (Å²) in [5.74, 6) is -0.0611. The van der Waals surface area contributed by atoms with Gasteiger partial charge in [-0.15, -0.1) is 11.3 Å². The van der Waals surface area contributed by atoms with E-state index in [1.165, 1.54) is 0 Å². The minimum atomic E-state index is -0.494. The highest BCUT2D eigenvalue weighted by Crippen LogP contribution is 2.23. The summed E-state index contributed by atoms with van der Waals surface area (Å²) >= 11 is 1.59. The molecule has 1 aromatic heterocycles. The van der Waals surface area contributed by atoms with Gasteiger partial charge < -0.3 is 14.4 Å². The number of carbonyl (C=O) groups excluding carboxylic acids is 1. The van der Waals surface area contributed by atoms with Crippen molar-refractivity contribution in [2.75, 3.05) is 26.9 Å². The number of hydrogen-bond donors (Lipinski definition) is 0. The van der Waals surface area contributed by atoms with Crippen LogP contribution in [0.4, 0.5) is 0 Å². The largest absolute Gasteiger partial charge is 0.376 e. The average Bonchev–Trinajstić information content (AvgIpc) is 3.04. The van der Waals surface area contributed by atoms with Crippen LogP contribution in [0.3, 0.4) is 0 Å². The smallest absolute Gasteiger partial charge is 0.254 e. The Morgan fingerprint density at radius 3 is 2.91 bits per heavy atom. The van der Waals surface area contributed by atoms with E-state index in [-0.39, 0.29) is 5.91 Å². The Labute approximate surface area is 133 Å². The number of aromatic nitrogens is 1. The van der Waals surface area contributed by atoms with Crippen LogP contribution in [0.15, 0.2) is 35.7 Å². The van der Waals surface area contributed by atoms with Crippen molar-refractivity contribution >= 4 is 17.2 Å². The molecule has 2 heterocycles. The van der Waals surface area contributed by atoms with Crippen LogP contribution in [0, 0.1) is 0 Å². The molecule has 1 amide bonds. The first kappa shape index (κ1) is 15.1. The fourth-order valence-corrected chi connectivity index (χ4v) is 3.11. The molecule has 1 aliphatic heterocycles. The second-order valence-corrected chi connectivity index (χ2v) is 6.00. The van der Waals surface area contributed by atoms with Gasteiger partial charge in [0.2, 0.25) is 0 Å². The standard InChI is InChI=1S/C16H18N2O3S/c1-18(16(19)14-10-20-7-8-21-14)9-13-11-22-15(17-13)12-5-3-2-4-6-12/h2-6,11,14H,7-10H2,1H3/t14-/m1/s1. The van der Waals surface area contributed by atoms with Crippen molar-refractivity contribution in [3.8, 4) is 10.6 Å². The molecule has 116 valence electrons. The van der Waals surface area contributed by atoms with Crippen LogP contribution < -0.4 is 0 Å². The minimum Gasteiger partial charge on any atom is -0.376 e. The van der Waals surface area contributed by atoms with E-state index in [4.69, 9.17) is 9.47 Å². The number of likely N-dealkylation sites (N-methyl/N-ethyl adjacent to an activating group) is 1. The van der Waals surface area contributed by atoms with Crippen molar-refractivity contribution in [2.24, 2.45) is 0 Å². The van der Waals surface area contributed by atoms with Gasteiger partial charge in [-0.25, -0.2) is 4.98 Å². The molecule has 22 heavy (non-hydrogen) atoms. The molecule has 1 atom stereocenters. The van der Waals surface area contributed by atoms with Crippen molar-refractivity contribution in [2.45, 2.75) is 12.6 Å². The number of benzene rings is 1. The summed E-state index contributed by atoms with van der Waals surface area (Å²) in [5.41, 5.74) is 1.98. The van der Waals surface area contributed by atoms with Crippen molar-refractivity contribution in [3.63, 3.8) is 0 Å². The van der Waals surface area contributed by atoms with E-state index in [1.54, 1.807) is 23.3 Å². The minimum absolute atomic E-state index is 0.0611. The third-order valence-electron chi connectivity index (χ3n) is 3.44. The van der Waals surface area contributed by atoms with E-state index in [0.717, 1.165) is 16.3 Å². The summed E-state index contributed by atoms with van der Waals surface area (Å²) in [5, 5.41) is 2.96. The summed E-state index contributed by atoms with van der Waals surface area (Å²) in [6.45, 7) is 1.83. The molecule has 1 aromatic carbocycles. The lowest BCUT2D eigenvalue weighted by atomic mass is 10.2. The molecule has 1 fully saturated rings. The number of nitrogens with zero attached hydrogens (tertiary/aromatic N) is 2. The Balaban J connectivity index is 1.63. The third-order valence-corrected chi connectivity index (χ3v) is 4.38. The van der Waals surface area contributed by atoms with Gasteiger partial charge in [-0.05, 0) is 0 Å². The van der Waals surface area contributed by atoms with Crippen molar-refractivity contribution < 1.29 is 14.3 Å². The Kier molecular flexibility index (Phi) is 4.82. The molecular weight excluding hydrogens is 300 g/mol. The quantitative estimate of drug-likeness (QED) is 0.867. The van der Waals surface area contributed by atoms with Crippen LogP contribution in [0.25, 0.3) is 10.6 Å². The Hall–Kier alpha value is -1.76. The van der Waals surface area contributed by atoms with Crippen LogP contribution in [-0.4, -0.2) is 48.8 Å². The second-order valence-electron chi connectivity index (χ2n) is 5.14. The highest BCUT2D eigenvalue weighted by molar-refractivity contribution is 7.13. The van der Waals surface area contributed by atoms with Gasteiger partial charge in [-0.2, -0.15) is 0 Å². The van der Waals surface area contributed by atoms with E-state index in [9.17, 15) is 4.79 Å². The van der Waals surface area contributed by atoms with Gasteiger partial charge >= 0.3 is 0 Å². The van der Waals surface area contributed by atoms with Crippen molar-refractivity contribution in [1.29, 1.82) is 0 Å². The summed E-state index contributed by atoms with van der Waals surface area (Å²) in [7, 11) is 1.77. The zero-order chi connectivity index (χ0) is 15.4. The maximum absolute atomic E-state index is 12.3. The number of carbonyl (C=O) groups is 1. The monoisotopic (exact) mass is 318 g/mol. The molecule has 1 saturated heterocycles. The highest BCUT2D eigenvalue weighted by Gasteiger charge is 2.26. The maximum Gasteiger partial charge on any atom is 0.254 e. The van der Waals surface area contributed by atoms with Gasteiger partial charge in [0.05, 0.1) is 32.1 Å². The molecule has 6 heteroatoms. The lowest BCUT2D eigenvalue weighted by Crippen LogP contribution is -2.43. The van der Waals surface area contributed by atoms with Gasteiger partial charge in [0, 0.05) is 18.0 Å². The van der Waals surface area contributed by atoms with Gasteiger partial charge in [0.25, 0.3) is 5.91 Å². The Morgan fingerprint density at radius 2 is 2.18 bits per heavy atom. The third kappa shape index (κ3) is 3.52. The van der Waals surface area contributed by atoms with Crippen LogP contribution in [0.2, 0.25) is 0 Å². The van der Waals surface area contributed by atoms with Crippen molar-refractivity contribution in [1.82, 2.24) is 9.88 Å². The first-order valence-electron chi connectivity index (χ1n) is 7.18. The highest BCUT2D eigenvalue weighted by atomic mass is 32.1. The summed E-state index contributed by atoms with van der Waals surface area (Å²) in [4.78, 5) is 18.5. The number of rotatable bonds is 4. The van der Waals surface area contributed by atoms with E-state index < -0.39 is 6.10 Å². The molecule has 1 aliphatic rings. The fourth-order valence-electron chi connectivity index (χ4n) is 2.29. The van der Waals surface area contributed by atoms with Crippen LogP contribution in [0.1, 0.15) is 5.69 Å². The first-order chi connectivity index (χ1) is 10.7. The molecule has 5 nitrogen and oxygen atoms in total. The summed E-state index contributed by atoms with van der Waals surface area (Å²) in [6.07, 6.45) is -0.494. The van der Waals surface area contributed by atoms with Gasteiger partial charge in [-0.1, -0.05) is 30.3 Å². The molecule has 0 unspecified atom stereocenters. The predicted octanol–water partition coefficient (Wildman–Crippen LogP) is 2.18. The second kappa shape index (κ2) is 7.00. The molecule has 0 spiro atoms. The zero-order valence-corrected chi connectivity index (χ0v) is 13.2.